The number of carbonyl (C=O) groups excluding carboxylic acids is 1. The second-order valence-corrected chi connectivity index (χ2v) is 4.50. The van der Waals surface area contributed by atoms with E-state index in [0.29, 0.717) is 18.3 Å². The SMILES string of the molecule is CN(CC(=O)c1ccc[nH]1)C[C@H]1CCCN1. The Morgan fingerprint density at radius 3 is 3.12 bits per heavy atom. The molecule has 4 nitrogen and oxygen atoms in total. The summed E-state index contributed by atoms with van der Waals surface area (Å²) in [5, 5.41) is 3.43. The maximum absolute atomic E-state index is 11.8. The molecule has 0 amide bonds. The number of likely N-dealkylation sites (N-methyl/N-ethyl adjacent to an activating group) is 1. The average molecular weight is 221 g/mol. The van der Waals surface area contributed by atoms with Gasteiger partial charge >= 0.3 is 0 Å². The molecule has 2 heterocycles. The molecular formula is C12H19N3O. The van der Waals surface area contributed by atoms with Crippen LogP contribution in [0.1, 0.15) is 23.3 Å². The fourth-order valence-electron chi connectivity index (χ4n) is 2.19. The molecule has 1 saturated heterocycles. The Labute approximate surface area is 96.0 Å². The fraction of sp³-hybridized carbons (Fsp3) is 0.583. The number of hydrogen-bond acceptors (Lipinski definition) is 3. The molecule has 1 fully saturated rings. The molecule has 1 atom stereocenters. The van der Waals surface area contributed by atoms with Crippen LogP contribution in [-0.2, 0) is 0 Å². The molecule has 1 aromatic heterocycles. The summed E-state index contributed by atoms with van der Waals surface area (Å²) in [6.07, 6.45) is 4.26. The summed E-state index contributed by atoms with van der Waals surface area (Å²) in [5.74, 6) is 0.158. The second kappa shape index (κ2) is 5.27. The second-order valence-electron chi connectivity index (χ2n) is 4.50. The first kappa shape index (κ1) is 11.4. The molecule has 4 heteroatoms. The summed E-state index contributed by atoms with van der Waals surface area (Å²) < 4.78 is 0. The summed E-state index contributed by atoms with van der Waals surface area (Å²) >= 11 is 0. The lowest BCUT2D eigenvalue weighted by atomic mass is 10.2. The van der Waals surface area contributed by atoms with Gasteiger partial charge in [-0.2, -0.15) is 0 Å². The Bertz CT molecular complexity index is 328. The highest BCUT2D eigenvalue weighted by atomic mass is 16.1. The number of Topliss-reactive ketones (excluding diaryl/α,β-unsaturated/α-hetero) is 1. The Morgan fingerprint density at radius 2 is 2.50 bits per heavy atom. The van der Waals surface area contributed by atoms with Crippen molar-refractivity contribution in [1.82, 2.24) is 15.2 Å². The van der Waals surface area contributed by atoms with Gasteiger partial charge < -0.3 is 10.3 Å². The van der Waals surface area contributed by atoms with Crippen LogP contribution in [0.2, 0.25) is 0 Å². The van der Waals surface area contributed by atoms with Crippen molar-refractivity contribution in [3.05, 3.63) is 24.0 Å². The lowest BCUT2D eigenvalue weighted by molar-refractivity contribution is 0.0938. The van der Waals surface area contributed by atoms with Crippen LogP contribution in [0, 0.1) is 0 Å². The average Bonchev–Trinajstić information content (AvgIpc) is 2.88. The van der Waals surface area contributed by atoms with Gasteiger partial charge in [0.05, 0.1) is 12.2 Å². The van der Waals surface area contributed by atoms with Crippen LogP contribution >= 0.6 is 0 Å². The Morgan fingerprint density at radius 1 is 1.62 bits per heavy atom. The van der Waals surface area contributed by atoms with Gasteiger partial charge in [-0.1, -0.05) is 0 Å². The third kappa shape index (κ3) is 2.93. The maximum Gasteiger partial charge on any atom is 0.192 e. The minimum absolute atomic E-state index is 0.158. The number of nitrogens with one attached hydrogen (secondary N) is 2. The minimum Gasteiger partial charge on any atom is -0.359 e. The molecule has 0 spiro atoms. The maximum atomic E-state index is 11.8. The van der Waals surface area contributed by atoms with Crippen LogP contribution in [0.4, 0.5) is 0 Å². The first-order valence-electron chi connectivity index (χ1n) is 5.84. The summed E-state index contributed by atoms with van der Waals surface area (Å²) in [6.45, 7) is 2.55. The molecule has 1 aliphatic heterocycles. The molecule has 2 rings (SSSR count). The van der Waals surface area contributed by atoms with Crippen molar-refractivity contribution in [2.45, 2.75) is 18.9 Å². The fourth-order valence-corrected chi connectivity index (χ4v) is 2.19. The van der Waals surface area contributed by atoms with Crippen LogP contribution in [0.15, 0.2) is 18.3 Å². The predicted octanol–water partition coefficient (Wildman–Crippen LogP) is 0.881. The molecule has 0 saturated carbocycles. The van der Waals surface area contributed by atoms with Crippen molar-refractivity contribution < 1.29 is 4.79 Å². The summed E-state index contributed by atoms with van der Waals surface area (Å²) in [6, 6.07) is 4.23. The van der Waals surface area contributed by atoms with Gasteiger partial charge in [0.25, 0.3) is 0 Å². The Balaban J connectivity index is 1.78. The van der Waals surface area contributed by atoms with E-state index in [1.807, 2.05) is 19.2 Å². The van der Waals surface area contributed by atoms with E-state index in [0.717, 1.165) is 13.1 Å². The lowest BCUT2D eigenvalue weighted by Crippen LogP contribution is -2.37. The van der Waals surface area contributed by atoms with Crippen molar-refractivity contribution in [1.29, 1.82) is 0 Å². The smallest absolute Gasteiger partial charge is 0.192 e. The lowest BCUT2D eigenvalue weighted by Gasteiger charge is -2.19. The van der Waals surface area contributed by atoms with E-state index in [2.05, 4.69) is 15.2 Å². The van der Waals surface area contributed by atoms with Crippen LogP contribution in [-0.4, -0.2) is 48.4 Å². The van der Waals surface area contributed by atoms with Crippen molar-refractivity contribution in [2.75, 3.05) is 26.7 Å². The monoisotopic (exact) mass is 221 g/mol. The van der Waals surface area contributed by atoms with E-state index in [-0.39, 0.29) is 5.78 Å². The first-order chi connectivity index (χ1) is 7.75. The number of hydrogen-bond donors (Lipinski definition) is 2. The van der Waals surface area contributed by atoms with E-state index in [4.69, 9.17) is 0 Å². The number of aromatic amines is 1. The first-order valence-corrected chi connectivity index (χ1v) is 5.84. The van der Waals surface area contributed by atoms with E-state index >= 15 is 0 Å². The molecule has 16 heavy (non-hydrogen) atoms. The van der Waals surface area contributed by atoms with Gasteiger partial charge in [0, 0.05) is 18.8 Å². The molecule has 0 unspecified atom stereocenters. The molecule has 1 aliphatic rings. The molecule has 0 radical (unpaired) electrons. The number of rotatable bonds is 5. The number of carbonyl (C=O) groups is 1. The normalized spacial score (nSPS) is 20.5. The zero-order valence-corrected chi connectivity index (χ0v) is 9.70. The van der Waals surface area contributed by atoms with Gasteiger partial charge in [-0.05, 0) is 38.6 Å². The predicted molar refractivity (Wildman–Crippen MR) is 63.6 cm³/mol. The van der Waals surface area contributed by atoms with Gasteiger partial charge in [0.15, 0.2) is 5.78 Å². The van der Waals surface area contributed by atoms with E-state index in [1.54, 1.807) is 6.20 Å². The van der Waals surface area contributed by atoms with Crippen LogP contribution in [0.3, 0.4) is 0 Å². The molecular weight excluding hydrogens is 202 g/mol. The van der Waals surface area contributed by atoms with E-state index in [9.17, 15) is 4.79 Å². The third-order valence-corrected chi connectivity index (χ3v) is 3.01. The van der Waals surface area contributed by atoms with Gasteiger partial charge in [-0.3, -0.25) is 9.69 Å². The highest BCUT2D eigenvalue weighted by Gasteiger charge is 2.17. The molecule has 0 aromatic carbocycles. The van der Waals surface area contributed by atoms with E-state index < -0.39 is 0 Å². The molecule has 0 bridgehead atoms. The summed E-state index contributed by atoms with van der Waals surface area (Å²) in [5.41, 5.74) is 0.700. The van der Waals surface area contributed by atoms with Crippen LogP contribution < -0.4 is 5.32 Å². The molecule has 2 N–H and O–H groups in total. The van der Waals surface area contributed by atoms with Gasteiger partial charge in [-0.15, -0.1) is 0 Å². The zero-order valence-electron chi connectivity index (χ0n) is 9.70. The number of H-pyrrole nitrogens is 1. The highest BCUT2D eigenvalue weighted by molar-refractivity contribution is 5.95. The molecule has 1 aromatic rings. The standard InChI is InChI=1S/C12H19N3O/c1-15(8-10-4-2-6-13-10)9-12(16)11-5-3-7-14-11/h3,5,7,10,13-14H,2,4,6,8-9H2,1H3/t10-/m1/s1. The summed E-state index contributed by atoms with van der Waals surface area (Å²) in [4.78, 5) is 16.8. The van der Waals surface area contributed by atoms with Gasteiger partial charge in [-0.25, -0.2) is 0 Å². The minimum atomic E-state index is 0.158. The van der Waals surface area contributed by atoms with Crippen molar-refractivity contribution in [3.63, 3.8) is 0 Å². The Hall–Kier alpha value is -1.13. The number of ketones is 1. The van der Waals surface area contributed by atoms with Gasteiger partial charge in [0.2, 0.25) is 0 Å². The molecule has 88 valence electrons. The quantitative estimate of drug-likeness (QED) is 0.726. The van der Waals surface area contributed by atoms with E-state index in [1.165, 1.54) is 12.8 Å². The topological polar surface area (TPSA) is 48.1 Å². The largest absolute Gasteiger partial charge is 0.359 e. The van der Waals surface area contributed by atoms with Crippen molar-refractivity contribution >= 4 is 5.78 Å². The highest BCUT2D eigenvalue weighted by Crippen LogP contribution is 2.06. The van der Waals surface area contributed by atoms with Crippen molar-refractivity contribution in [2.24, 2.45) is 0 Å². The summed E-state index contributed by atoms with van der Waals surface area (Å²) in [7, 11) is 2.00. The Kier molecular flexibility index (Phi) is 3.74. The van der Waals surface area contributed by atoms with Crippen molar-refractivity contribution in [3.8, 4) is 0 Å². The van der Waals surface area contributed by atoms with Gasteiger partial charge in [0.1, 0.15) is 0 Å². The van der Waals surface area contributed by atoms with Crippen LogP contribution in [0.5, 0.6) is 0 Å². The van der Waals surface area contributed by atoms with Crippen LogP contribution in [0.25, 0.3) is 0 Å². The zero-order chi connectivity index (χ0) is 11.4. The third-order valence-electron chi connectivity index (χ3n) is 3.01. The number of nitrogens with zero attached hydrogens (tertiary/aromatic N) is 1. The molecule has 0 aliphatic carbocycles. The number of aromatic nitrogens is 1.